The van der Waals surface area contributed by atoms with Crippen LogP contribution < -0.4 is 0 Å². The number of hydrogen-bond donors (Lipinski definition) is 0. The molecule has 0 fully saturated rings. The molecule has 0 saturated heterocycles. The Labute approximate surface area is 154 Å². The first kappa shape index (κ1) is 18.0. The lowest BCUT2D eigenvalue weighted by Gasteiger charge is -2.17. The lowest BCUT2D eigenvalue weighted by Crippen LogP contribution is -2.01. The number of aryl methyl sites for hydroxylation is 2. The smallest absolute Gasteiger partial charge is 0.00106 e. The Morgan fingerprint density at radius 3 is 2.24 bits per heavy atom. The molecule has 2 aromatic rings. The van der Waals surface area contributed by atoms with Crippen LogP contribution in [0.1, 0.15) is 79.8 Å². The van der Waals surface area contributed by atoms with Crippen LogP contribution in [0.5, 0.6) is 0 Å². The Hall–Kier alpha value is -1.82. The molecule has 0 heterocycles. The Balaban J connectivity index is 2.18. The number of fused-ring (bicyclic) bond motifs is 1. The van der Waals surface area contributed by atoms with Crippen LogP contribution in [-0.2, 0) is 19.3 Å². The van der Waals surface area contributed by atoms with E-state index >= 15 is 0 Å². The average Bonchev–Trinajstić information content (AvgIpc) is 2.97. The first-order chi connectivity index (χ1) is 12.2. The molecule has 132 valence electrons. The second kappa shape index (κ2) is 8.04. The van der Waals surface area contributed by atoms with Gasteiger partial charge in [0.25, 0.3) is 0 Å². The van der Waals surface area contributed by atoms with Crippen molar-refractivity contribution in [1.29, 1.82) is 0 Å². The molecule has 25 heavy (non-hydrogen) atoms. The Kier molecular flexibility index (Phi) is 5.78. The summed E-state index contributed by atoms with van der Waals surface area (Å²) in [5, 5.41) is 0. The summed E-state index contributed by atoms with van der Waals surface area (Å²) in [5.74, 6) is 0. The molecule has 0 spiro atoms. The van der Waals surface area contributed by atoms with E-state index in [9.17, 15) is 0 Å². The molecule has 0 nitrogen and oxygen atoms in total. The molecule has 0 aliphatic heterocycles. The summed E-state index contributed by atoms with van der Waals surface area (Å²) in [6, 6.07) is 13.9. The molecule has 0 unspecified atom stereocenters. The van der Waals surface area contributed by atoms with Gasteiger partial charge in [0.05, 0.1) is 0 Å². The number of benzene rings is 2. The van der Waals surface area contributed by atoms with Crippen LogP contribution in [0.15, 0.2) is 36.4 Å². The van der Waals surface area contributed by atoms with E-state index in [0.717, 1.165) is 6.42 Å². The lowest BCUT2D eigenvalue weighted by atomic mass is 9.88. The third kappa shape index (κ3) is 3.45. The SMILES string of the molecule is CCCC1=C(c2cccc(CCC)c2CCC)Cc2cccc(C)c21. The number of allylic oxidation sites excluding steroid dienone is 2. The first-order valence-electron chi connectivity index (χ1n) is 10.1. The van der Waals surface area contributed by atoms with Crippen LogP contribution in [0, 0.1) is 6.92 Å². The van der Waals surface area contributed by atoms with Crippen LogP contribution in [0.3, 0.4) is 0 Å². The van der Waals surface area contributed by atoms with Gasteiger partial charge in [-0.1, -0.05) is 76.4 Å². The van der Waals surface area contributed by atoms with Crippen molar-refractivity contribution in [3.05, 3.63) is 69.8 Å². The van der Waals surface area contributed by atoms with Gasteiger partial charge in [-0.05, 0) is 77.1 Å². The summed E-state index contributed by atoms with van der Waals surface area (Å²) in [7, 11) is 0. The van der Waals surface area contributed by atoms with E-state index in [4.69, 9.17) is 0 Å². The van der Waals surface area contributed by atoms with Crippen molar-refractivity contribution in [2.45, 2.75) is 72.6 Å². The van der Waals surface area contributed by atoms with Gasteiger partial charge in [-0.15, -0.1) is 0 Å². The molecule has 1 aliphatic rings. The fraction of sp³-hybridized carbons (Fsp3) is 0.440. The van der Waals surface area contributed by atoms with Crippen LogP contribution >= 0.6 is 0 Å². The third-order valence-electron chi connectivity index (χ3n) is 5.51. The molecule has 3 rings (SSSR count). The van der Waals surface area contributed by atoms with E-state index in [1.54, 1.807) is 27.8 Å². The topological polar surface area (TPSA) is 0 Å². The van der Waals surface area contributed by atoms with Crippen molar-refractivity contribution in [2.24, 2.45) is 0 Å². The molecule has 0 aromatic heterocycles. The van der Waals surface area contributed by atoms with Gasteiger partial charge < -0.3 is 0 Å². The highest BCUT2D eigenvalue weighted by Gasteiger charge is 2.25. The normalized spacial score (nSPS) is 13.4. The molecule has 0 radical (unpaired) electrons. The highest BCUT2D eigenvalue weighted by atomic mass is 14.3. The predicted molar refractivity (Wildman–Crippen MR) is 111 cm³/mol. The lowest BCUT2D eigenvalue weighted by molar-refractivity contribution is 0.857. The summed E-state index contributed by atoms with van der Waals surface area (Å²) in [6.45, 7) is 9.18. The van der Waals surface area contributed by atoms with E-state index in [-0.39, 0.29) is 0 Å². The molecule has 0 heteroatoms. The third-order valence-corrected chi connectivity index (χ3v) is 5.51. The van der Waals surface area contributed by atoms with Gasteiger partial charge in [0, 0.05) is 0 Å². The van der Waals surface area contributed by atoms with Crippen molar-refractivity contribution >= 4 is 11.1 Å². The van der Waals surface area contributed by atoms with Gasteiger partial charge in [-0.2, -0.15) is 0 Å². The van der Waals surface area contributed by atoms with Crippen molar-refractivity contribution in [3.8, 4) is 0 Å². The predicted octanol–water partition coefficient (Wildman–Crippen LogP) is 7.17. The van der Waals surface area contributed by atoms with Gasteiger partial charge in [-0.25, -0.2) is 0 Å². The largest absolute Gasteiger partial charge is 0.0651 e. The first-order valence-corrected chi connectivity index (χ1v) is 10.1. The molecule has 0 amide bonds. The van der Waals surface area contributed by atoms with Gasteiger partial charge in [0.2, 0.25) is 0 Å². The van der Waals surface area contributed by atoms with E-state index in [0.29, 0.717) is 0 Å². The Morgan fingerprint density at radius 2 is 1.52 bits per heavy atom. The quantitative estimate of drug-likeness (QED) is 0.504. The standard InChI is InChI=1S/C25H32/c1-5-10-19-14-9-16-22(21(19)11-6-2)24-17-20-15-8-13-18(4)25(20)23(24)12-7-3/h8-9,13-16H,5-7,10-12,17H2,1-4H3. The van der Waals surface area contributed by atoms with Gasteiger partial charge >= 0.3 is 0 Å². The number of rotatable bonds is 7. The summed E-state index contributed by atoms with van der Waals surface area (Å²) in [5.41, 5.74) is 12.4. The van der Waals surface area contributed by atoms with Crippen molar-refractivity contribution in [3.63, 3.8) is 0 Å². The zero-order valence-electron chi connectivity index (χ0n) is 16.4. The molecule has 0 saturated carbocycles. The molecule has 1 aliphatic carbocycles. The molecular formula is C25H32. The zero-order chi connectivity index (χ0) is 17.8. The molecule has 0 N–H and O–H groups in total. The average molecular weight is 333 g/mol. The molecule has 0 bridgehead atoms. The van der Waals surface area contributed by atoms with Gasteiger partial charge in [0.1, 0.15) is 0 Å². The van der Waals surface area contributed by atoms with Crippen LogP contribution in [-0.4, -0.2) is 0 Å². The number of hydrogen-bond acceptors (Lipinski definition) is 0. The second-order valence-electron chi connectivity index (χ2n) is 7.44. The maximum Gasteiger partial charge on any atom is -0.00106 e. The second-order valence-corrected chi connectivity index (χ2v) is 7.44. The zero-order valence-corrected chi connectivity index (χ0v) is 16.4. The van der Waals surface area contributed by atoms with Crippen LogP contribution in [0.4, 0.5) is 0 Å². The Bertz CT molecular complexity index is 777. The van der Waals surface area contributed by atoms with Crippen molar-refractivity contribution in [2.75, 3.05) is 0 Å². The molecule has 0 atom stereocenters. The summed E-state index contributed by atoms with van der Waals surface area (Å²) in [4.78, 5) is 0. The van der Waals surface area contributed by atoms with E-state index in [2.05, 4.69) is 64.1 Å². The minimum absolute atomic E-state index is 1.11. The Morgan fingerprint density at radius 1 is 0.800 bits per heavy atom. The molecular weight excluding hydrogens is 300 g/mol. The fourth-order valence-corrected chi connectivity index (χ4v) is 4.51. The summed E-state index contributed by atoms with van der Waals surface area (Å²) in [6.07, 6.45) is 8.35. The van der Waals surface area contributed by atoms with E-state index in [1.807, 2.05) is 0 Å². The fourth-order valence-electron chi connectivity index (χ4n) is 4.51. The highest BCUT2D eigenvalue weighted by molar-refractivity contribution is 5.98. The maximum absolute atomic E-state index is 2.39. The summed E-state index contributed by atoms with van der Waals surface area (Å²) < 4.78 is 0. The minimum atomic E-state index is 1.11. The van der Waals surface area contributed by atoms with Gasteiger partial charge in [0.15, 0.2) is 0 Å². The van der Waals surface area contributed by atoms with Crippen molar-refractivity contribution in [1.82, 2.24) is 0 Å². The van der Waals surface area contributed by atoms with Crippen LogP contribution in [0.25, 0.3) is 11.1 Å². The van der Waals surface area contributed by atoms with Gasteiger partial charge in [-0.3, -0.25) is 0 Å². The maximum atomic E-state index is 2.39. The highest BCUT2D eigenvalue weighted by Crippen LogP contribution is 2.43. The van der Waals surface area contributed by atoms with E-state index < -0.39 is 0 Å². The minimum Gasteiger partial charge on any atom is -0.0651 e. The summed E-state index contributed by atoms with van der Waals surface area (Å²) >= 11 is 0. The van der Waals surface area contributed by atoms with E-state index in [1.165, 1.54) is 55.2 Å². The molecule has 2 aromatic carbocycles. The van der Waals surface area contributed by atoms with Crippen molar-refractivity contribution < 1.29 is 0 Å². The monoisotopic (exact) mass is 332 g/mol. The van der Waals surface area contributed by atoms with Crippen LogP contribution in [0.2, 0.25) is 0 Å².